The first-order valence-electron chi connectivity index (χ1n) is 4.40. The highest BCUT2D eigenvalue weighted by atomic mass is 32.2. The van der Waals surface area contributed by atoms with Gasteiger partial charge in [0.2, 0.25) is 0 Å². The minimum absolute atomic E-state index is 0.634. The molecule has 0 fully saturated rings. The van der Waals surface area contributed by atoms with Gasteiger partial charge in [0.15, 0.2) is 0 Å². The standard InChI is InChI=1S/C10H12N2OS/c11-10-3-1-9(2-4-10)7-12-5-6-14(13)8-12/h1-5,8H,6-7,11H2. The maximum Gasteiger partial charge on any atom is 0.142 e. The molecule has 4 heteroatoms. The van der Waals surface area contributed by atoms with Gasteiger partial charge in [-0.05, 0) is 12.1 Å². The molecule has 0 spiro atoms. The van der Waals surface area contributed by atoms with Gasteiger partial charge < -0.3 is 10.3 Å². The fourth-order valence-corrected chi connectivity index (χ4v) is 2.23. The third kappa shape index (κ3) is 2.14. The van der Waals surface area contributed by atoms with Crippen molar-refractivity contribution in [1.29, 1.82) is 0 Å². The van der Waals surface area contributed by atoms with E-state index in [-0.39, 0.29) is 0 Å². The summed E-state index contributed by atoms with van der Waals surface area (Å²) in [5.41, 5.74) is 9.27. The van der Waals surface area contributed by atoms with E-state index < -0.39 is 10.8 Å². The molecule has 74 valence electrons. The van der Waals surface area contributed by atoms with E-state index in [9.17, 15) is 4.21 Å². The zero-order valence-corrected chi connectivity index (χ0v) is 8.54. The quantitative estimate of drug-likeness (QED) is 0.442. The Morgan fingerprint density at radius 3 is 2.71 bits per heavy atom. The molecule has 0 radical (unpaired) electrons. The molecule has 0 aliphatic carbocycles. The smallest absolute Gasteiger partial charge is 0.142 e. The Balaban J connectivity index is 2.08. The van der Waals surface area contributed by atoms with E-state index in [1.54, 1.807) is 5.55 Å². The maximum atomic E-state index is 11.1. The van der Waals surface area contributed by atoms with Crippen molar-refractivity contribution in [2.45, 2.75) is 6.54 Å². The van der Waals surface area contributed by atoms with Crippen molar-refractivity contribution in [2.24, 2.45) is 0 Å². The van der Waals surface area contributed by atoms with Crippen LogP contribution in [0.25, 0.3) is 0 Å². The van der Waals surface area contributed by atoms with E-state index in [1.807, 2.05) is 35.4 Å². The van der Waals surface area contributed by atoms with Crippen LogP contribution in [0.4, 0.5) is 5.69 Å². The van der Waals surface area contributed by atoms with Gasteiger partial charge in [0.05, 0.1) is 5.55 Å². The van der Waals surface area contributed by atoms with Crippen LogP contribution in [0.2, 0.25) is 0 Å². The summed E-state index contributed by atoms with van der Waals surface area (Å²) in [6.07, 6.45) is 0. The molecule has 0 amide bonds. The van der Waals surface area contributed by atoms with Crippen LogP contribution in [-0.2, 0) is 17.3 Å². The van der Waals surface area contributed by atoms with Gasteiger partial charge in [-0.15, -0.1) is 0 Å². The molecule has 1 atom stereocenters. The number of hydrogen-bond acceptors (Lipinski definition) is 2. The second-order valence-corrected chi connectivity index (χ2v) is 4.55. The SMILES string of the molecule is Nc1ccc(C[N+]2=CS(=O)C[CH-]2)cc1. The molecular formula is C10H12N2OS. The molecule has 0 saturated carbocycles. The van der Waals surface area contributed by atoms with Crippen molar-refractivity contribution in [3.05, 3.63) is 36.4 Å². The van der Waals surface area contributed by atoms with Crippen LogP contribution in [-0.4, -0.2) is 20.1 Å². The molecule has 2 rings (SSSR count). The molecule has 2 N–H and O–H groups in total. The van der Waals surface area contributed by atoms with Crippen LogP contribution in [0, 0.1) is 6.54 Å². The number of hydrogen-bond donors (Lipinski definition) is 1. The van der Waals surface area contributed by atoms with Crippen LogP contribution in [0.5, 0.6) is 0 Å². The van der Waals surface area contributed by atoms with Crippen molar-refractivity contribution in [3.63, 3.8) is 0 Å². The highest BCUT2D eigenvalue weighted by Gasteiger charge is 2.08. The summed E-state index contributed by atoms with van der Waals surface area (Å²) in [7, 11) is -0.810. The second-order valence-electron chi connectivity index (χ2n) is 3.25. The summed E-state index contributed by atoms with van der Waals surface area (Å²) >= 11 is 0. The molecule has 1 aliphatic heterocycles. The van der Waals surface area contributed by atoms with Gasteiger partial charge in [-0.25, -0.2) is 0 Å². The molecule has 0 aromatic heterocycles. The van der Waals surface area contributed by atoms with Crippen molar-refractivity contribution >= 4 is 22.0 Å². The first-order chi connectivity index (χ1) is 6.74. The lowest BCUT2D eigenvalue weighted by molar-refractivity contribution is -0.492. The van der Waals surface area contributed by atoms with E-state index in [1.165, 1.54) is 5.56 Å². The van der Waals surface area contributed by atoms with Crippen molar-refractivity contribution in [3.8, 4) is 0 Å². The third-order valence-corrected chi connectivity index (χ3v) is 3.05. The number of benzene rings is 1. The molecule has 3 nitrogen and oxygen atoms in total. The van der Waals surface area contributed by atoms with Crippen molar-refractivity contribution in [2.75, 3.05) is 11.5 Å². The van der Waals surface area contributed by atoms with Crippen LogP contribution in [0.3, 0.4) is 0 Å². The summed E-state index contributed by atoms with van der Waals surface area (Å²) in [4.78, 5) is 0. The minimum Gasteiger partial charge on any atom is -0.399 e. The van der Waals surface area contributed by atoms with Crippen LogP contribution in [0.1, 0.15) is 5.56 Å². The molecular weight excluding hydrogens is 196 g/mol. The summed E-state index contributed by atoms with van der Waals surface area (Å²) in [6.45, 7) is 2.72. The first-order valence-corrected chi connectivity index (χ1v) is 5.78. The van der Waals surface area contributed by atoms with Gasteiger partial charge in [0, 0.05) is 34.3 Å². The highest BCUT2D eigenvalue weighted by molar-refractivity contribution is 7.98. The topological polar surface area (TPSA) is 46.1 Å². The van der Waals surface area contributed by atoms with E-state index >= 15 is 0 Å². The fourth-order valence-electron chi connectivity index (χ4n) is 1.34. The molecule has 1 unspecified atom stereocenters. The average molecular weight is 208 g/mol. The van der Waals surface area contributed by atoms with Crippen LogP contribution < -0.4 is 5.73 Å². The predicted molar refractivity (Wildman–Crippen MR) is 58.2 cm³/mol. The average Bonchev–Trinajstić information content (AvgIpc) is 2.56. The van der Waals surface area contributed by atoms with Gasteiger partial charge in [0.1, 0.15) is 6.54 Å². The fraction of sp³-hybridized carbons (Fsp3) is 0.200. The van der Waals surface area contributed by atoms with Crippen molar-refractivity contribution in [1.82, 2.24) is 0 Å². The molecule has 1 aliphatic rings. The lowest BCUT2D eigenvalue weighted by Crippen LogP contribution is -2.04. The van der Waals surface area contributed by atoms with Crippen LogP contribution in [0.15, 0.2) is 24.3 Å². The monoisotopic (exact) mass is 208 g/mol. The van der Waals surface area contributed by atoms with E-state index in [0.717, 1.165) is 12.2 Å². The Kier molecular flexibility index (Phi) is 2.54. The lowest BCUT2D eigenvalue weighted by Gasteiger charge is -2.03. The molecule has 1 aromatic rings. The Labute approximate surface area is 85.7 Å². The summed E-state index contributed by atoms with van der Waals surface area (Å²) in [5.74, 6) is 0.634. The molecule has 0 saturated heterocycles. The zero-order valence-electron chi connectivity index (χ0n) is 7.72. The van der Waals surface area contributed by atoms with Gasteiger partial charge in [-0.2, -0.15) is 0 Å². The highest BCUT2D eigenvalue weighted by Crippen LogP contribution is 2.08. The van der Waals surface area contributed by atoms with E-state index in [0.29, 0.717) is 5.75 Å². The van der Waals surface area contributed by atoms with Crippen molar-refractivity contribution < 1.29 is 8.78 Å². The Morgan fingerprint density at radius 1 is 1.43 bits per heavy atom. The Hall–Kier alpha value is -1.29. The molecule has 1 aromatic carbocycles. The number of rotatable bonds is 2. The number of nitrogens with two attached hydrogens (primary N) is 1. The van der Waals surface area contributed by atoms with E-state index in [2.05, 4.69) is 0 Å². The molecule has 1 heterocycles. The van der Waals surface area contributed by atoms with Gasteiger partial charge >= 0.3 is 0 Å². The van der Waals surface area contributed by atoms with Crippen LogP contribution >= 0.6 is 0 Å². The predicted octanol–water partition coefficient (Wildman–Crippen LogP) is 0.734. The molecule has 14 heavy (non-hydrogen) atoms. The lowest BCUT2D eigenvalue weighted by atomic mass is 10.2. The molecule has 0 bridgehead atoms. The minimum atomic E-state index is -0.810. The number of nitrogens with zero attached hydrogens (tertiary/aromatic N) is 1. The zero-order chi connectivity index (χ0) is 9.97. The summed E-state index contributed by atoms with van der Waals surface area (Å²) in [6, 6.07) is 7.72. The number of nitrogen functional groups attached to an aromatic ring is 1. The maximum absolute atomic E-state index is 11.1. The van der Waals surface area contributed by atoms with Gasteiger partial charge in [0.25, 0.3) is 0 Å². The van der Waals surface area contributed by atoms with Gasteiger partial charge in [-0.1, -0.05) is 12.1 Å². The summed E-state index contributed by atoms with van der Waals surface area (Å²) < 4.78 is 13.0. The normalized spacial score (nSPS) is 20.3. The van der Waals surface area contributed by atoms with E-state index in [4.69, 9.17) is 5.73 Å². The second kappa shape index (κ2) is 3.84. The first kappa shape index (κ1) is 9.27. The summed E-state index contributed by atoms with van der Waals surface area (Å²) in [5, 5.41) is 0. The number of anilines is 1. The third-order valence-electron chi connectivity index (χ3n) is 2.07. The van der Waals surface area contributed by atoms with Gasteiger partial charge in [-0.3, -0.25) is 4.21 Å². The Bertz CT molecular complexity index is 384. The Morgan fingerprint density at radius 2 is 2.14 bits per heavy atom. The largest absolute Gasteiger partial charge is 0.399 e.